The van der Waals surface area contributed by atoms with Gasteiger partial charge in [-0.3, -0.25) is 19.2 Å². The quantitative estimate of drug-likeness (QED) is 0.187. The molecule has 242 valence electrons. The molecule has 0 unspecified atom stereocenters. The molecule has 2 aromatic heterocycles. The topological polar surface area (TPSA) is 168 Å². The second kappa shape index (κ2) is 16.9. The Morgan fingerprint density at radius 1 is 0.553 bits per heavy atom. The highest BCUT2D eigenvalue weighted by atomic mass is 32.1. The van der Waals surface area contributed by atoms with E-state index in [1.807, 2.05) is 30.4 Å². The van der Waals surface area contributed by atoms with Crippen LogP contribution in [0, 0.1) is 0 Å². The molecule has 4 amide bonds. The molecule has 6 rings (SSSR count). The highest BCUT2D eigenvalue weighted by molar-refractivity contribution is 7.15. The normalized spacial score (nSPS) is 16.7. The lowest BCUT2D eigenvalue weighted by Crippen LogP contribution is -2.16. The Morgan fingerprint density at radius 3 is 1.79 bits per heavy atom. The number of nitrogens with zero attached hydrogens (tertiary/aromatic N) is 4. The van der Waals surface area contributed by atoms with E-state index in [0.29, 0.717) is 35.2 Å². The number of rotatable bonds is 0. The van der Waals surface area contributed by atoms with Crippen molar-refractivity contribution in [2.75, 3.05) is 21.3 Å². The van der Waals surface area contributed by atoms with Crippen molar-refractivity contribution >= 4 is 57.3 Å². The van der Waals surface area contributed by atoms with Crippen LogP contribution in [0.5, 0.6) is 0 Å². The van der Waals surface area contributed by atoms with Crippen LogP contribution in [0.15, 0.2) is 72.8 Å². The number of hydrogen-bond donors (Lipinski definition) is 4. The van der Waals surface area contributed by atoms with Gasteiger partial charge in [-0.15, -0.1) is 15.3 Å². The van der Waals surface area contributed by atoms with Crippen LogP contribution in [0.1, 0.15) is 60.4 Å². The highest BCUT2D eigenvalue weighted by Crippen LogP contribution is 2.19. The number of fused-ring (bicyclic) bond motifs is 17. The van der Waals surface area contributed by atoms with E-state index in [1.165, 1.54) is 11.3 Å². The Hall–Kier alpha value is -5.30. The van der Waals surface area contributed by atoms with Crippen LogP contribution < -0.4 is 21.3 Å². The summed E-state index contributed by atoms with van der Waals surface area (Å²) in [5.74, 6) is -0.377. The lowest BCUT2D eigenvalue weighted by atomic mass is 10.1. The summed E-state index contributed by atoms with van der Waals surface area (Å²) in [5.41, 5.74) is 3.56. The fraction of sp³-hybridized carbons (Fsp3) is 0.294. The third-order valence-corrected chi connectivity index (χ3v) is 8.07. The first kappa shape index (κ1) is 33.1. The Bertz CT molecular complexity index is 1740. The predicted octanol–water partition coefficient (Wildman–Crippen LogP) is 5.26. The van der Waals surface area contributed by atoms with Crippen molar-refractivity contribution in [3.8, 4) is 0 Å². The largest absolute Gasteiger partial charge is 0.326 e. The highest BCUT2D eigenvalue weighted by Gasteiger charge is 2.12. The van der Waals surface area contributed by atoms with E-state index in [2.05, 4.69) is 41.7 Å². The van der Waals surface area contributed by atoms with E-state index in [4.69, 9.17) is 0 Å². The van der Waals surface area contributed by atoms with E-state index < -0.39 is 0 Å². The van der Waals surface area contributed by atoms with Crippen molar-refractivity contribution in [1.29, 1.82) is 0 Å². The summed E-state index contributed by atoms with van der Waals surface area (Å²) in [6, 6.07) is 18.0. The summed E-state index contributed by atoms with van der Waals surface area (Å²) in [4.78, 5) is 50.2. The molecule has 0 fully saturated rings. The van der Waals surface area contributed by atoms with E-state index in [0.717, 1.165) is 47.5 Å². The summed E-state index contributed by atoms with van der Waals surface area (Å²) in [6.45, 7) is 0. The van der Waals surface area contributed by atoms with Gasteiger partial charge >= 0.3 is 0 Å². The molecular weight excluding hydrogens is 616 g/mol. The fourth-order valence-electron chi connectivity index (χ4n) is 4.90. The molecule has 2 aliphatic rings. The Labute approximate surface area is 276 Å². The third-order valence-electron chi connectivity index (χ3n) is 7.17. The first-order valence-corrected chi connectivity index (χ1v) is 16.4. The number of nitrogens with one attached hydrogen (secondary N) is 4. The van der Waals surface area contributed by atoms with E-state index in [-0.39, 0.29) is 49.3 Å². The number of allylic oxidation sites excluding steroid dienone is 2. The minimum atomic E-state index is -0.239. The fourth-order valence-corrected chi connectivity index (χ4v) is 5.70. The monoisotopic (exact) mass is 652 g/mol. The number of benzene rings is 2. The Balaban J connectivity index is 1.21. The number of aryl methyl sites for hydroxylation is 2. The third kappa shape index (κ3) is 11.2. The van der Waals surface area contributed by atoms with Crippen molar-refractivity contribution in [2.45, 2.75) is 64.2 Å². The van der Waals surface area contributed by atoms with Gasteiger partial charge in [-0.25, -0.2) is 0 Å². The molecule has 0 saturated heterocycles. The smallest absolute Gasteiger partial charge is 0.230 e. The molecule has 0 atom stereocenters. The van der Waals surface area contributed by atoms with Crippen LogP contribution in [0.25, 0.3) is 0 Å². The van der Waals surface area contributed by atoms with Crippen LogP contribution in [-0.2, 0) is 44.9 Å². The molecule has 4 heterocycles. The predicted molar refractivity (Wildman–Crippen MR) is 181 cm³/mol. The lowest BCUT2D eigenvalue weighted by Gasteiger charge is -2.08. The maximum atomic E-state index is 12.7. The van der Waals surface area contributed by atoms with Gasteiger partial charge in [-0.2, -0.15) is 5.10 Å². The van der Waals surface area contributed by atoms with Crippen molar-refractivity contribution < 1.29 is 19.2 Å². The molecule has 0 aliphatic carbocycles. The van der Waals surface area contributed by atoms with Gasteiger partial charge in [0.15, 0.2) is 5.82 Å². The number of amides is 4. The molecule has 4 N–H and O–H groups in total. The molecule has 0 saturated carbocycles. The average Bonchev–Trinajstić information content (AvgIpc) is 3.48. The van der Waals surface area contributed by atoms with Gasteiger partial charge in [-0.05, 0) is 79.6 Å². The molecule has 12 nitrogen and oxygen atoms in total. The van der Waals surface area contributed by atoms with Crippen molar-refractivity contribution in [1.82, 2.24) is 20.4 Å². The standard InChI is InChI=1S/C34H36N8O4S/c43-29-14-3-1-2-4-15-30(44)36-27-13-8-10-24(20-27)22-32(46)38-34-42-41-33(47-34)16-6-5-11-25-17-18-28(40-39-25)37-31(45)21-23-9-7-12-26(19-23)35-29/h1-2,7-10,12-13,17-20H,3-6,11,14-16,21-22H2,(H,35,43)(H,36,44)(H,37,40,45)(H,38,42,46)/b2-1-. The van der Waals surface area contributed by atoms with Crippen molar-refractivity contribution in [2.24, 2.45) is 0 Å². The summed E-state index contributed by atoms with van der Waals surface area (Å²) in [7, 11) is 0. The van der Waals surface area contributed by atoms with E-state index in [1.54, 1.807) is 42.5 Å². The van der Waals surface area contributed by atoms with Gasteiger partial charge in [0, 0.05) is 30.6 Å². The minimum absolute atomic E-state index is 0.117. The van der Waals surface area contributed by atoms with Crippen LogP contribution in [0.3, 0.4) is 0 Å². The molecule has 2 aromatic carbocycles. The summed E-state index contributed by atoms with van der Waals surface area (Å²) in [6.07, 6.45) is 8.78. The second-order valence-corrected chi connectivity index (χ2v) is 12.2. The first-order chi connectivity index (χ1) is 22.9. The number of hydrogen-bond acceptors (Lipinski definition) is 9. The van der Waals surface area contributed by atoms with Crippen LogP contribution in [0.2, 0.25) is 0 Å². The van der Waals surface area contributed by atoms with Gasteiger partial charge in [0.25, 0.3) is 0 Å². The molecule has 8 bridgehead atoms. The van der Waals surface area contributed by atoms with Gasteiger partial charge in [0.05, 0.1) is 18.5 Å². The van der Waals surface area contributed by atoms with Crippen LogP contribution in [-0.4, -0.2) is 44.0 Å². The van der Waals surface area contributed by atoms with E-state index >= 15 is 0 Å². The average molecular weight is 653 g/mol. The zero-order chi connectivity index (χ0) is 32.8. The Kier molecular flexibility index (Phi) is 11.9. The van der Waals surface area contributed by atoms with Crippen molar-refractivity contribution in [3.63, 3.8) is 0 Å². The zero-order valence-electron chi connectivity index (χ0n) is 25.8. The molecule has 0 radical (unpaired) electrons. The maximum absolute atomic E-state index is 12.7. The molecular formula is C34H36N8O4S. The summed E-state index contributed by atoms with van der Waals surface area (Å²) >= 11 is 1.35. The molecule has 2 aliphatic heterocycles. The van der Waals surface area contributed by atoms with Gasteiger partial charge in [-0.1, -0.05) is 47.8 Å². The molecule has 13 heteroatoms. The molecule has 4 aromatic rings. The number of carbonyl (C=O) groups is 4. The minimum Gasteiger partial charge on any atom is -0.326 e. The maximum Gasteiger partial charge on any atom is 0.230 e. The summed E-state index contributed by atoms with van der Waals surface area (Å²) in [5, 5.41) is 29.3. The molecule has 0 spiro atoms. The zero-order valence-corrected chi connectivity index (χ0v) is 26.6. The number of anilines is 4. The lowest BCUT2D eigenvalue weighted by molar-refractivity contribution is -0.117. The number of carbonyl (C=O) groups excluding carboxylic acids is 4. The van der Waals surface area contributed by atoms with Crippen molar-refractivity contribution in [3.05, 3.63) is 94.6 Å². The first-order valence-electron chi connectivity index (χ1n) is 15.6. The van der Waals surface area contributed by atoms with Crippen LogP contribution in [0.4, 0.5) is 22.3 Å². The number of aromatic nitrogens is 4. The van der Waals surface area contributed by atoms with Gasteiger partial charge < -0.3 is 21.3 Å². The SMILES string of the molecule is O=C1CC/C=C\CCC(=O)Nc2cccc(c2)CC(=O)Nc2nnc(s2)CCCCc2ccc(nn2)NC(=O)Cc2cccc(c2)N1. The second-order valence-electron chi connectivity index (χ2n) is 11.1. The summed E-state index contributed by atoms with van der Waals surface area (Å²) < 4.78 is 0. The van der Waals surface area contributed by atoms with Crippen LogP contribution >= 0.6 is 11.3 Å². The van der Waals surface area contributed by atoms with E-state index in [9.17, 15) is 19.2 Å². The Morgan fingerprint density at radius 2 is 1.17 bits per heavy atom. The van der Waals surface area contributed by atoms with Gasteiger partial charge in [0.2, 0.25) is 28.8 Å². The molecule has 47 heavy (non-hydrogen) atoms. The van der Waals surface area contributed by atoms with Gasteiger partial charge in [0.1, 0.15) is 5.01 Å².